The third-order valence-electron chi connectivity index (χ3n) is 5.42. The molecular weight excluding hydrogens is 497 g/mol. The molecule has 0 aliphatic rings. The SMILES string of the molecule is N#Cc1ccc2c(C(NS(=O)NCc3ccccc3)C(F)(F)F)cn(Cc3ccc(Cl)cc3)c2c1. The summed E-state index contributed by atoms with van der Waals surface area (Å²) in [6.45, 7) is 0.400. The number of halogens is 4. The minimum Gasteiger partial charge on any atom is -0.343 e. The summed E-state index contributed by atoms with van der Waals surface area (Å²) in [4.78, 5) is 0. The van der Waals surface area contributed by atoms with Gasteiger partial charge >= 0.3 is 6.18 Å². The molecular formula is C25H20ClF3N4OS. The van der Waals surface area contributed by atoms with Gasteiger partial charge < -0.3 is 4.57 Å². The zero-order valence-corrected chi connectivity index (χ0v) is 19.8. The number of hydrogen-bond donors (Lipinski definition) is 2. The molecule has 4 rings (SSSR count). The lowest BCUT2D eigenvalue weighted by molar-refractivity contribution is -0.152. The van der Waals surface area contributed by atoms with E-state index in [0.29, 0.717) is 21.5 Å². The van der Waals surface area contributed by atoms with Crippen LogP contribution >= 0.6 is 11.6 Å². The van der Waals surface area contributed by atoms with Crippen LogP contribution in [0.3, 0.4) is 0 Å². The van der Waals surface area contributed by atoms with E-state index in [1.807, 2.05) is 12.1 Å². The standard InChI is InChI=1S/C25H20ClF3N4OS/c26-20-9-6-18(7-10-20)15-33-16-22(21-11-8-19(13-30)12-23(21)33)24(25(27,28)29)32-35(34)31-14-17-4-2-1-3-5-17/h1-12,16,24,31-32H,14-15H2. The first-order valence-electron chi connectivity index (χ1n) is 10.5. The molecule has 0 radical (unpaired) electrons. The predicted octanol–water partition coefficient (Wildman–Crippen LogP) is 5.78. The van der Waals surface area contributed by atoms with E-state index in [-0.39, 0.29) is 18.7 Å². The molecule has 0 aliphatic heterocycles. The zero-order valence-electron chi connectivity index (χ0n) is 18.2. The molecule has 1 aromatic heterocycles. The molecule has 0 fully saturated rings. The predicted molar refractivity (Wildman–Crippen MR) is 131 cm³/mol. The fraction of sp³-hybridized carbons (Fsp3) is 0.160. The van der Waals surface area contributed by atoms with Crippen LogP contribution in [-0.2, 0) is 24.3 Å². The van der Waals surface area contributed by atoms with Gasteiger partial charge in [-0.25, -0.2) is 13.7 Å². The summed E-state index contributed by atoms with van der Waals surface area (Å²) >= 11 is 3.77. The van der Waals surface area contributed by atoms with Gasteiger partial charge in [0.15, 0.2) is 11.2 Å². The molecule has 0 bridgehead atoms. The number of aromatic nitrogens is 1. The number of rotatable bonds is 8. The third kappa shape index (κ3) is 6.10. The van der Waals surface area contributed by atoms with E-state index in [9.17, 15) is 22.6 Å². The van der Waals surface area contributed by atoms with Crippen LogP contribution in [0.4, 0.5) is 13.2 Å². The van der Waals surface area contributed by atoms with Gasteiger partial charge in [0.2, 0.25) is 0 Å². The Hall–Kier alpha value is -3.16. The number of nitriles is 1. The van der Waals surface area contributed by atoms with Gasteiger partial charge in [-0.15, -0.1) is 0 Å². The van der Waals surface area contributed by atoms with Gasteiger partial charge in [0, 0.05) is 40.8 Å². The van der Waals surface area contributed by atoms with Crippen molar-refractivity contribution in [3.8, 4) is 6.07 Å². The average molecular weight is 517 g/mol. The van der Waals surface area contributed by atoms with Crippen LogP contribution in [0.25, 0.3) is 10.9 Å². The summed E-state index contributed by atoms with van der Waals surface area (Å²) in [5.41, 5.74) is 2.32. The van der Waals surface area contributed by atoms with Crippen molar-refractivity contribution in [3.63, 3.8) is 0 Å². The lowest BCUT2D eigenvalue weighted by atomic mass is 10.0. The van der Waals surface area contributed by atoms with E-state index in [1.165, 1.54) is 18.3 Å². The van der Waals surface area contributed by atoms with Crippen molar-refractivity contribution < 1.29 is 17.4 Å². The monoisotopic (exact) mass is 516 g/mol. The number of fused-ring (bicyclic) bond motifs is 1. The van der Waals surface area contributed by atoms with Gasteiger partial charge in [-0.3, -0.25) is 0 Å². The minimum absolute atomic E-state index is 0.0826. The van der Waals surface area contributed by atoms with Gasteiger partial charge in [-0.05, 0) is 35.4 Å². The van der Waals surface area contributed by atoms with Crippen LogP contribution in [0, 0.1) is 11.3 Å². The first-order valence-corrected chi connectivity index (χ1v) is 12.1. The molecule has 0 amide bonds. The molecule has 2 N–H and O–H groups in total. The molecule has 2 unspecified atom stereocenters. The van der Waals surface area contributed by atoms with Crippen LogP contribution in [0.2, 0.25) is 5.02 Å². The molecule has 180 valence electrons. The van der Waals surface area contributed by atoms with Crippen molar-refractivity contribution in [2.75, 3.05) is 0 Å². The first kappa shape index (κ1) is 24.9. The lowest BCUT2D eigenvalue weighted by Crippen LogP contribution is -2.39. The van der Waals surface area contributed by atoms with Gasteiger partial charge in [0.25, 0.3) is 0 Å². The van der Waals surface area contributed by atoms with Crippen molar-refractivity contribution in [2.45, 2.75) is 25.3 Å². The number of benzene rings is 3. The smallest absolute Gasteiger partial charge is 0.343 e. The summed E-state index contributed by atoms with van der Waals surface area (Å²) in [7, 11) is 0. The Labute approximate surface area is 207 Å². The molecule has 0 spiro atoms. The van der Waals surface area contributed by atoms with Gasteiger partial charge in [0.05, 0.1) is 11.6 Å². The highest BCUT2D eigenvalue weighted by molar-refractivity contribution is 7.81. The normalized spacial score (nSPS) is 13.5. The van der Waals surface area contributed by atoms with Crippen molar-refractivity contribution >= 4 is 33.7 Å². The van der Waals surface area contributed by atoms with Crippen molar-refractivity contribution in [2.24, 2.45) is 0 Å². The van der Waals surface area contributed by atoms with Crippen LogP contribution < -0.4 is 9.44 Å². The fourth-order valence-electron chi connectivity index (χ4n) is 3.74. The number of alkyl halides is 3. The second-order valence-electron chi connectivity index (χ2n) is 7.85. The average Bonchev–Trinajstić information content (AvgIpc) is 3.19. The van der Waals surface area contributed by atoms with E-state index < -0.39 is 23.4 Å². The van der Waals surface area contributed by atoms with Crippen molar-refractivity contribution in [1.29, 1.82) is 5.26 Å². The van der Waals surface area contributed by atoms with Gasteiger partial charge in [-0.2, -0.15) is 18.4 Å². The molecule has 10 heteroatoms. The van der Waals surface area contributed by atoms with Gasteiger partial charge in [-0.1, -0.05) is 60.1 Å². The minimum atomic E-state index is -4.72. The number of nitrogens with zero attached hydrogens (tertiary/aromatic N) is 2. The third-order valence-corrected chi connectivity index (χ3v) is 6.53. The first-order chi connectivity index (χ1) is 16.7. The van der Waals surface area contributed by atoms with E-state index in [0.717, 1.165) is 11.1 Å². The van der Waals surface area contributed by atoms with E-state index >= 15 is 0 Å². The quantitative estimate of drug-likeness (QED) is 0.312. The highest BCUT2D eigenvalue weighted by Gasteiger charge is 2.43. The van der Waals surface area contributed by atoms with Crippen LogP contribution in [0.5, 0.6) is 0 Å². The fourth-order valence-corrected chi connectivity index (χ4v) is 4.72. The molecule has 0 saturated carbocycles. The Morgan fingerprint density at radius 3 is 2.40 bits per heavy atom. The van der Waals surface area contributed by atoms with E-state index in [4.69, 9.17) is 11.6 Å². The largest absolute Gasteiger partial charge is 0.408 e. The van der Waals surface area contributed by atoms with Crippen LogP contribution in [0.1, 0.15) is 28.3 Å². The van der Waals surface area contributed by atoms with Crippen LogP contribution in [-0.4, -0.2) is 15.0 Å². The molecule has 0 aliphatic carbocycles. The molecule has 0 saturated heterocycles. The van der Waals surface area contributed by atoms with E-state index in [2.05, 4.69) is 9.44 Å². The highest BCUT2D eigenvalue weighted by Crippen LogP contribution is 2.38. The summed E-state index contributed by atoms with van der Waals surface area (Å²) < 4.78 is 61.5. The van der Waals surface area contributed by atoms with E-state index in [1.54, 1.807) is 59.2 Å². The molecule has 4 aromatic rings. The van der Waals surface area contributed by atoms with Gasteiger partial charge in [0.1, 0.15) is 6.04 Å². The molecule has 2 atom stereocenters. The Morgan fingerprint density at radius 1 is 1.03 bits per heavy atom. The number of hydrogen-bond acceptors (Lipinski definition) is 2. The zero-order chi connectivity index (χ0) is 25.0. The maximum absolute atomic E-state index is 14.2. The maximum Gasteiger partial charge on any atom is 0.408 e. The molecule has 35 heavy (non-hydrogen) atoms. The van der Waals surface area contributed by atoms with Crippen LogP contribution in [0.15, 0.2) is 79.0 Å². The van der Waals surface area contributed by atoms with Crippen molar-refractivity contribution in [3.05, 3.63) is 106 Å². The Morgan fingerprint density at radius 2 is 1.74 bits per heavy atom. The Kier molecular flexibility index (Phi) is 7.57. The summed E-state index contributed by atoms with van der Waals surface area (Å²) in [6.07, 6.45) is -3.34. The molecule has 1 heterocycles. The summed E-state index contributed by atoms with van der Waals surface area (Å²) in [5.74, 6) is 0. The maximum atomic E-state index is 14.2. The summed E-state index contributed by atoms with van der Waals surface area (Å²) in [6, 6.07) is 20.2. The number of nitrogens with one attached hydrogen (secondary N) is 2. The van der Waals surface area contributed by atoms with Crippen molar-refractivity contribution in [1.82, 2.24) is 14.0 Å². The second-order valence-corrected chi connectivity index (χ2v) is 9.35. The summed E-state index contributed by atoms with van der Waals surface area (Å²) in [5, 5.41) is 10.2. The second kappa shape index (κ2) is 10.6. The Bertz CT molecular complexity index is 1380. The Balaban J connectivity index is 1.68. The molecule has 5 nitrogen and oxygen atoms in total. The molecule has 3 aromatic carbocycles. The topological polar surface area (TPSA) is 69.8 Å². The lowest BCUT2D eigenvalue weighted by Gasteiger charge is -2.21. The highest BCUT2D eigenvalue weighted by atomic mass is 35.5.